The highest BCUT2D eigenvalue weighted by Crippen LogP contribution is 2.24. The van der Waals surface area contributed by atoms with Crippen molar-refractivity contribution in [2.45, 2.75) is 26.3 Å². The van der Waals surface area contributed by atoms with Gasteiger partial charge in [0.25, 0.3) is 11.8 Å². The number of benzene rings is 2. The molecule has 3 amide bonds. The molecular weight excluding hydrogens is 366 g/mol. The molecule has 0 radical (unpaired) electrons. The molecule has 0 unspecified atom stereocenters. The summed E-state index contributed by atoms with van der Waals surface area (Å²) in [6.45, 7) is 3.34. The number of nitrogens with one attached hydrogen (secondary N) is 1. The Morgan fingerprint density at radius 1 is 0.966 bits per heavy atom. The molecule has 148 valence electrons. The zero-order chi connectivity index (χ0) is 20.4. The van der Waals surface area contributed by atoms with Crippen LogP contribution in [-0.4, -0.2) is 40.3 Å². The smallest absolute Gasteiger partial charge is 0.261 e. The highest BCUT2D eigenvalue weighted by atomic mass is 16.2. The van der Waals surface area contributed by atoms with E-state index >= 15 is 0 Å². The van der Waals surface area contributed by atoms with Crippen LogP contribution >= 0.6 is 0 Å². The Labute approximate surface area is 169 Å². The van der Waals surface area contributed by atoms with Gasteiger partial charge in [0.05, 0.1) is 11.1 Å². The van der Waals surface area contributed by atoms with Gasteiger partial charge < -0.3 is 9.88 Å². The summed E-state index contributed by atoms with van der Waals surface area (Å²) in [5.74, 6) is -0.798. The van der Waals surface area contributed by atoms with Crippen molar-refractivity contribution in [2.24, 2.45) is 0 Å². The molecule has 0 aliphatic carbocycles. The first-order valence-electron chi connectivity index (χ1n) is 9.82. The summed E-state index contributed by atoms with van der Waals surface area (Å²) in [7, 11) is 0. The molecule has 4 rings (SSSR count). The summed E-state index contributed by atoms with van der Waals surface area (Å²) < 4.78 is 2.17. The number of rotatable bonds is 7. The molecule has 3 aromatic rings. The van der Waals surface area contributed by atoms with Gasteiger partial charge in [-0.1, -0.05) is 29.8 Å². The molecule has 6 heteroatoms. The van der Waals surface area contributed by atoms with Crippen LogP contribution in [-0.2, 0) is 11.3 Å². The first-order chi connectivity index (χ1) is 14.0. The van der Waals surface area contributed by atoms with E-state index in [4.69, 9.17) is 0 Å². The first kappa shape index (κ1) is 18.9. The lowest BCUT2D eigenvalue weighted by molar-refractivity contribution is -0.121. The van der Waals surface area contributed by atoms with E-state index in [1.54, 1.807) is 12.1 Å². The minimum absolute atomic E-state index is 0.0967. The number of carbonyl (C=O) groups is 3. The Morgan fingerprint density at radius 3 is 2.62 bits per heavy atom. The fourth-order valence-corrected chi connectivity index (χ4v) is 3.72. The van der Waals surface area contributed by atoms with Gasteiger partial charge in [-0.3, -0.25) is 19.3 Å². The van der Waals surface area contributed by atoms with E-state index in [2.05, 4.69) is 34.3 Å². The number of amides is 3. The highest BCUT2D eigenvalue weighted by Gasteiger charge is 2.35. The van der Waals surface area contributed by atoms with Crippen molar-refractivity contribution in [2.75, 3.05) is 13.1 Å². The van der Waals surface area contributed by atoms with E-state index in [0.717, 1.165) is 23.4 Å². The van der Waals surface area contributed by atoms with Gasteiger partial charge in [0.1, 0.15) is 0 Å². The molecule has 29 heavy (non-hydrogen) atoms. The van der Waals surface area contributed by atoms with Crippen molar-refractivity contribution >= 4 is 28.6 Å². The molecule has 1 aromatic heterocycles. The van der Waals surface area contributed by atoms with Crippen LogP contribution in [0.1, 0.15) is 39.1 Å². The summed E-state index contributed by atoms with van der Waals surface area (Å²) in [5.41, 5.74) is 2.95. The second-order valence-electron chi connectivity index (χ2n) is 7.33. The molecule has 6 nitrogen and oxygen atoms in total. The van der Waals surface area contributed by atoms with Crippen molar-refractivity contribution in [1.29, 1.82) is 0 Å². The van der Waals surface area contributed by atoms with Crippen LogP contribution in [0.2, 0.25) is 0 Å². The van der Waals surface area contributed by atoms with Crippen LogP contribution in [0.25, 0.3) is 10.9 Å². The number of para-hydroxylation sites is 1. The summed E-state index contributed by atoms with van der Waals surface area (Å²) in [5, 5.41) is 4.08. The summed E-state index contributed by atoms with van der Waals surface area (Å²) in [6, 6.07) is 15.5. The number of aromatic nitrogens is 1. The number of carbonyl (C=O) groups excluding carboxylic acids is 3. The Balaban J connectivity index is 1.24. The van der Waals surface area contributed by atoms with Crippen molar-refractivity contribution in [3.8, 4) is 0 Å². The molecule has 0 saturated heterocycles. The quantitative estimate of drug-likeness (QED) is 0.498. The Kier molecular flexibility index (Phi) is 5.16. The Hall–Kier alpha value is -3.41. The highest BCUT2D eigenvalue weighted by molar-refractivity contribution is 6.21. The van der Waals surface area contributed by atoms with Gasteiger partial charge in [-0.2, -0.15) is 0 Å². The monoisotopic (exact) mass is 389 g/mol. The number of hydrogen-bond donors (Lipinski definition) is 1. The lowest BCUT2D eigenvalue weighted by Crippen LogP contribution is -2.35. The van der Waals surface area contributed by atoms with E-state index in [-0.39, 0.29) is 30.7 Å². The van der Waals surface area contributed by atoms with Gasteiger partial charge >= 0.3 is 0 Å². The minimum atomic E-state index is -0.322. The average molecular weight is 389 g/mol. The Bertz CT molecular complexity index is 1100. The van der Waals surface area contributed by atoms with Gasteiger partial charge in [-0.05, 0) is 43.0 Å². The number of fused-ring (bicyclic) bond motifs is 2. The van der Waals surface area contributed by atoms with Gasteiger partial charge in [-0.15, -0.1) is 0 Å². The summed E-state index contributed by atoms with van der Waals surface area (Å²) in [6.07, 6.45) is 2.96. The Morgan fingerprint density at radius 2 is 1.76 bits per heavy atom. The summed E-state index contributed by atoms with van der Waals surface area (Å²) in [4.78, 5) is 38.2. The van der Waals surface area contributed by atoms with Crippen LogP contribution in [0.5, 0.6) is 0 Å². The third-order valence-electron chi connectivity index (χ3n) is 5.27. The topological polar surface area (TPSA) is 71.4 Å². The molecule has 0 spiro atoms. The van der Waals surface area contributed by atoms with E-state index in [1.807, 2.05) is 25.1 Å². The van der Waals surface area contributed by atoms with Gasteiger partial charge in [0.15, 0.2) is 0 Å². The molecule has 1 aliphatic heterocycles. The van der Waals surface area contributed by atoms with Crippen LogP contribution in [0, 0.1) is 6.92 Å². The van der Waals surface area contributed by atoms with Crippen LogP contribution in [0.3, 0.4) is 0 Å². The van der Waals surface area contributed by atoms with Crippen molar-refractivity contribution in [3.63, 3.8) is 0 Å². The van der Waals surface area contributed by atoms with Gasteiger partial charge in [-0.25, -0.2) is 0 Å². The molecule has 0 bridgehead atoms. The maximum atomic E-state index is 12.4. The van der Waals surface area contributed by atoms with Crippen LogP contribution in [0.15, 0.2) is 54.7 Å². The number of aryl methyl sites for hydroxylation is 2. The SMILES string of the molecule is Cc1ccc2c(c1)C(=O)N(CCC(=O)NCCCn1ccc3ccccc31)C2=O. The van der Waals surface area contributed by atoms with E-state index in [1.165, 1.54) is 10.9 Å². The third kappa shape index (κ3) is 3.78. The molecule has 1 N–H and O–H groups in total. The fraction of sp³-hybridized carbons (Fsp3) is 0.261. The van der Waals surface area contributed by atoms with Crippen LogP contribution in [0.4, 0.5) is 0 Å². The number of hydrogen-bond acceptors (Lipinski definition) is 3. The van der Waals surface area contributed by atoms with E-state index in [9.17, 15) is 14.4 Å². The predicted octanol–water partition coefficient (Wildman–Crippen LogP) is 3.14. The zero-order valence-corrected chi connectivity index (χ0v) is 16.4. The van der Waals surface area contributed by atoms with Crippen molar-refractivity contribution < 1.29 is 14.4 Å². The van der Waals surface area contributed by atoms with E-state index in [0.29, 0.717) is 17.7 Å². The van der Waals surface area contributed by atoms with Gasteiger partial charge in [0, 0.05) is 37.8 Å². The molecular formula is C23H23N3O3. The second kappa shape index (κ2) is 7.91. The molecule has 1 aliphatic rings. The van der Waals surface area contributed by atoms with Gasteiger partial charge in [0.2, 0.25) is 5.91 Å². The average Bonchev–Trinajstić information content (AvgIpc) is 3.23. The number of imide groups is 1. The number of nitrogens with zero attached hydrogens (tertiary/aromatic N) is 2. The lowest BCUT2D eigenvalue weighted by Gasteiger charge is -2.13. The van der Waals surface area contributed by atoms with Crippen molar-refractivity contribution in [3.05, 3.63) is 71.4 Å². The molecule has 0 atom stereocenters. The predicted molar refractivity (Wildman–Crippen MR) is 111 cm³/mol. The zero-order valence-electron chi connectivity index (χ0n) is 16.4. The molecule has 0 saturated carbocycles. The van der Waals surface area contributed by atoms with Crippen molar-refractivity contribution in [1.82, 2.24) is 14.8 Å². The van der Waals surface area contributed by atoms with E-state index < -0.39 is 0 Å². The van der Waals surface area contributed by atoms with Crippen LogP contribution < -0.4 is 5.32 Å². The lowest BCUT2D eigenvalue weighted by atomic mass is 10.1. The molecule has 2 aromatic carbocycles. The standard InChI is InChI=1S/C23H23N3O3/c1-16-7-8-18-19(15-16)23(29)26(22(18)28)14-10-21(27)24-11-4-12-25-13-9-17-5-2-3-6-20(17)25/h2-3,5-9,13,15H,4,10-12,14H2,1H3,(H,24,27). The molecule has 2 heterocycles. The summed E-state index contributed by atoms with van der Waals surface area (Å²) >= 11 is 0. The molecule has 0 fully saturated rings. The maximum absolute atomic E-state index is 12.4. The largest absolute Gasteiger partial charge is 0.356 e. The second-order valence-corrected chi connectivity index (χ2v) is 7.33. The maximum Gasteiger partial charge on any atom is 0.261 e. The minimum Gasteiger partial charge on any atom is -0.356 e. The first-order valence-corrected chi connectivity index (χ1v) is 9.82. The normalized spacial score (nSPS) is 13.2. The third-order valence-corrected chi connectivity index (χ3v) is 5.27. The fourth-order valence-electron chi connectivity index (χ4n) is 3.72.